The Labute approximate surface area is 137 Å². The Morgan fingerprint density at radius 2 is 2.18 bits per heavy atom. The lowest BCUT2D eigenvalue weighted by atomic mass is 10.2. The van der Waals surface area contributed by atoms with Gasteiger partial charge < -0.3 is 10.6 Å². The molecule has 22 heavy (non-hydrogen) atoms. The summed E-state index contributed by atoms with van der Waals surface area (Å²) in [5, 5.41) is 6.06. The van der Waals surface area contributed by atoms with Gasteiger partial charge in [0, 0.05) is 17.5 Å². The van der Waals surface area contributed by atoms with Gasteiger partial charge in [0.05, 0.1) is 11.3 Å². The number of rotatable bonds is 5. The van der Waals surface area contributed by atoms with E-state index in [1.165, 1.54) is 6.07 Å². The van der Waals surface area contributed by atoms with Crippen molar-refractivity contribution < 1.29 is 18.0 Å². The van der Waals surface area contributed by atoms with Crippen molar-refractivity contribution in [1.82, 2.24) is 10.6 Å². The van der Waals surface area contributed by atoms with Crippen molar-refractivity contribution in [3.8, 4) is 0 Å². The predicted molar refractivity (Wildman–Crippen MR) is 83.5 cm³/mol. The van der Waals surface area contributed by atoms with Crippen LogP contribution in [0.2, 0.25) is 0 Å². The minimum atomic E-state index is -4.35. The molecule has 1 aliphatic rings. The molecule has 1 fully saturated rings. The van der Waals surface area contributed by atoms with Crippen molar-refractivity contribution in [2.45, 2.75) is 30.0 Å². The maximum atomic E-state index is 12.6. The molecule has 1 atom stereocenters. The molecule has 0 radical (unpaired) electrons. The van der Waals surface area contributed by atoms with Crippen molar-refractivity contribution >= 4 is 30.1 Å². The fraction of sp³-hybridized carbons (Fsp3) is 0.500. The second-order valence-corrected chi connectivity index (χ2v) is 5.96. The molecule has 2 rings (SSSR count). The van der Waals surface area contributed by atoms with Crippen LogP contribution in [-0.2, 0) is 11.0 Å². The van der Waals surface area contributed by atoms with Gasteiger partial charge >= 0.3 is 6.18 Å². The molecule has 0 spiro atoms. The summed E-state index contributed by atoms with van der Waals surface area (Å²) in [6, 6.07) is 5.33. The van der Waals surface area contributed by atoms with Crippen LogP contribution in [0.15, 0.2) is 29.2 Å². The van der Waals surface area contributed by atoms with Gasteiger partial charge in [-0.05, 0) is 37.6 Å². The third kappa shape index (κ3) is 6.06. The van der Waals surface area contributed by atoms with Crippen LogP contribution in [-0.4, -0.2) is 30.8 Å². The number of thioether (sulfide) groups is 1. The highest BCUT2D eigenvalue weighted by Gasteiger charge is 2.30. The number of benzene rings is 1. The fourth-order valence-electron chi connectivity index (χ4n) is 2.13. The molecule has 1 aromatic rings. The Kier molecular flexibility index (Phi) is 7.52. The topological polar surface area (TPSA) is 41.1 Å². The van der Waals surface area contributed by atoms with Gasteiger partial charge in [-0.25, -0.2) is 0 Å². The van der Waals surface area contributed by atoms with Crippen LogP contribution < -0.4 is 10.6 Å². The largest absolute Gasteiger partial charge is 0.416 e. The standard InChI is InChI=1S/C14H17F3N2OS.ClH/c15-14(16,17)10-3-1-5-12(7-10)21-9-13(20)19-8-11-4-2-6-18-11;/h1,3,5,7,11,18H,2,4,6,8-9H2,(H,19,20);1H. The fourth-order valence-corrected chi connectivity index (χ4v) is 2.92. The second-order valence-electron chi connectivity index (χ2n) is 4.91. The number of halogens is 4. The lowest BCUT2D eigenvalue weighted by Crippen LogP contribution is -2.37. The van der Waals surface area contributed by atoms with Crippen LogP contribution in [0.1, 0.15) is 18.4 Å². The minimum Gasteiger partial charge on any atom is -0.354 e. The Balaban J connectivity index is 0.00000242. The first-order valence-corrected chi connectivity index (χ1v) is 7.74. The smallest absolute Gasteiger partial charge is 0.354 e. The van der Waals surface area contributed by atoms with E-state index in [0.717, 1.165) is 43.3 Å². The molecule has 1 amide bonds. The summed E-state index contributed by atoms with van der Waals surface area (Å²) < 4.78 is 37.7. The Bertz CT molecular complexity index is 493. The summed E-state index contributed by atoms with van der Waals surface area (Å²) in [6.45, 7) is 1.54. The summed E-state index contributed by atoms with van der Waals surface area (Å²) in [4.78, 5) is 12.1. The van der Waals surface area contributed by atoms with E-state index in [-0.39, 0.29) is 24.1 Å². The van der Waals surface area contributed by atoms with Gasteiger partial charge in [0.2, 0.25) is 5.91 Å². The normalized spacial score (nSPS) is 17.9. The minimum absolute atomic E-state index is 0. The third-order valence-corrected chi connectivity index (χ3v) is 4.23. The summed E-state index contributed by atoms with van der Waals surface area (Å²) >= 11 is 1.11. The number of carbonyl (C=O) groups excluding carboxylic acids is 1. The molecule has 1 aromatic carbocycles. The van der Waals surface area contributed by atoms with Crippen LogP contribution in [0.4, 0.5) is 13.2 Å². The number of carbonyl (C=O) groups is 1. The van der Waals surface area contributed by atoms with Crippen LogP contribution in [0, 0.1) is 0 Å². The highest BCUT2D eigenvalue weighted by Crippen LogP contribution is 2.31. The van der Waals surface area contributed by atoms with E-state index in [0.29, 0.717) is 17.5 Å². The van der Waals surface area contributed by atoms with Gasteiger partial charge in [-0.15, -0.1) is 24.2 Å². The maximum absolute atomic E-state index is 12.6. The van der Waals surface area contributed by atoms with E-state index in [2.05, 4.69) is 10.6 Å². The first-order valence-electron chi connectivity index (χ1n) is 6.75. The molecule has 1 heterocycles. The van der Waals surface area contributed by atoms with Crippen LogP contribution in [0.5, 0.6) is 0 Å². The summed E-state index contributed by atoms with van der Waals surface area (Å²) in [7, 11) is 0. The van der Waals surface area contributed by atoms with E-state index in [4.69, 9.17) is 0 Å². The van der Waals surface area contributed by atoms with Crippen molar-refractivity contribution in [3.05, 3.63) is 29.8 Å². The molecule has 124 valence electrons. The zero-order valence-electron chi connectivity index (χ0n) is 11.8. The van der Waals surface area contributed by atoms with Gasteiger partial charge in [0.25, 0.3) is 0 Å². The second kappa shape index (κ2) is 8.64. The van der Waals surface area contributed by atoms with Crippen molar-refractivity contribution in [2.75, 3.05) is 18.8 Å². The number of hydrogen-bond donors (Lipinski definition) is 2. The molecule has 1 saturated heterocycles. The molecule has 0 aromatic heterocycles. The first kappa shape index (κ1) is 19.1. The van der Waals surface area contributed by atoms with Crippen LogP contribution in [0.25, 0.3) is 0 Å². The van der Waals surface area contributed by atoms with Crippen LogP contribution in [0.3, 0.4) is 0 Å². The van der Waals surface area contributed by atoms with E-state index in [1.807, 2.05) is 0 Å². The van der Waals surface area contributed by atoms with E-state index >= 15 is 0 Å². The van der Waals surface area contributed by atoms with Crippen LogP contribution >= 0.6 is 24.2 Å². The van der Waals surface area contributed by atoms with E-state index < -0.39 is 11.7 Å². The van der Waals surface area contributed by atoms with Gasteiger partial charge in [0.1, 0.15) is 0 Å². The zero-order valence-corrected chi connectivity index (χ0v) is 13.4. The SMILES string of the molecule is Cl.O=C(CSc1cccc(C(F)(F)F)c1)NCC1CCCN1. The molecule has 3 nitrogen and oxygen atoms in total. The monoisotopic (exact) mass is 354 g/mol. The zero-order chi connectivity index (χ0) is 15.3. The maximum Gasteiger partial charge on any atom is 0.416 e. The summed E-state index contributed by atoms with van der Waals surface area (Å²) in [5.41, 5.74) is -0.692. The average Bonchev–Trinajstić information content (AvgIpc) is 2.95. The number of alkyl halides is 3. The first-order chi connectivity index (χ1) is 9.95. The van der Waals surface area contributed by atoms with E-state index in [1.54, 1.807) is 6.07 Å². The van der Waals surface area contributed by atoms with E-state index in [9.17, 15) is 18.0 Å². The van der Waals surface area contributed by atoms with Gasteiger partial charge in [-0.1, -0.05) is 6.07 Å². The molecular formula is C14H18ClF3N2OS. The number of nitrogens with one attached hydrogen (secondary N) is 2. The molecule has 0 saturated carbocycles. The third-order valence-electron chi connectivity index (χ3n) is 3.24. The molecule has 1 aliphatic heterocycles. The lowest BCUT2D eigenvalue weighted by molar-refractivity contribution is -0.137. The van der Waals surface area contributed by atoms with Gasteiger partial charge in [-0.3, -0.25) is 4.79 Å². The number of hydrogen-bond acceptors (Lipinski definition) is 3. The summed E-state index contributed by atoms with van der Waals surface area (Å²) in [6.07, 6.45) is -2.20. The van der Waals surface area contributed by atoms with Gasteiger partial charge in [0.15, 0.2) is 0 Å². The Morgan fingerprint density at radius 3 is 2.82 bits per heavy atom. The van der Waals surface area contributed by atoms with Crippen molar-refractivity contribution in [2.24, 2.45) is 0 Å². The van der Waals surface area contributed by atoms with Crippen molar-refractivity contribution in [1.29, 1.82) is 0 Å². The molecule has 0 bridgehead atoms. The molecule has 2 N–H and O–H groups in total. The van der Waals surface area contributed by atoms with Crippen molar-refractivity contribution in [3.63, 3.8) is 0 Å². The molecule has 8 heteroatoms. The molecule has 1 unspecified atom stereocenters. The number of amides is 1. The van der Waals surface area contributed by atoms with Gasteiger partial charge in [-0.2, -0.15) is 13.2 Å². The predicted octanol–water partition coefficient (Wildman–Crippen LogP) is 3.09. The Hall–Kier alpha value is -0.920. The average molecular weight is 355 g/mol. The highest BCUT2D eigenvalue weighted by atomic mass is 35.5. The lowest BCUT2D eigenvalue weighted by Gasteiger charge is -2.11. The summed E-state index contributed by atoms with van der Waals surface area (Å²) in [5.74, 6) is -0.0419. The quantitative estimate of drug-likeness (QED) is 0.798. The Morgan fingerprint density at radius 1 is 1.41 bits per heavy atom. The molecule has 0 aliphatic carbocycles. The molecular weight excluding hydrogens is 337 g/mol. The highest BCUT2D eigenvalue weighted by molar-refractivity contribution is 8.00.